The molecule has 2 aliphatic heterocycles. The maximum Gasteiger partial charge on any atom is 0.278 e. The molecule has 1 atom stereocenters. The van der Waals surface area contributed by atoms with Crippen LogP contribution in [0.4, 0.5) is 5.69 Å². The molecule has 1 unspecified atom stereocenters. The van der Waals surface area contributed by atoms with E-state index >= 15 is 0 Å². The Balaban J connectivity index is 1.35. The van der Waals surface area contributed by atoms with Crippen LogP contribution in [-0.4, -0.2) is 58.2 Å². The number of rotatable bonds is 6. The van der Waals surface area contributed by atoms with E-state index in [0.717, 1.165) is 22.4 Å². The molecule has 0 bridgehead atoms. The summed E-state index contributed by atoms with van der Waals surface area (Å²) in [6.07, 6.45) is 3.01. The molecule has 11 nitrogen and oxygen atoms in total. The van der Waals surface area contributed by atoms with Gasteiger partial charge in [-0.25, -0.2) is 13.1 Å². The Kier molecular flexibility index (Phi) is 6.85. The van der Waals surface area contributed by atoms with E-state index in [1.165, 1.54) is 10.6 Å². The molecule has 3 heterocycles. The third-order valence-electron chi connectivity index (χ3n) is 7.78. The summed E-state index contributed by atoms with van der Waals surface area (Å²) in [5.74, 6) is -0.980. The van der Waals surface area contributed by atoms with E-state index in [0.29, 0.717) is 37.2 Å². The van der Waals surface area contributed by atoms with Gasteiger partial charge in [-0.3, -0.25) is 19.7 Å². The molecule has 1 fully saturated rings. The van der Waals surface area contributed by atoms with Gasteiger partial charge >= 0.3 is 0 Å². The van der Waals surface area contributed by atoms with E-state index < -0.39 is 21.3 Å². The van der Waals surface area contributed by atoms with Crippen LogP contribution < -0.4 is 10.6 Å². The van der Waals surface area contributed by atoms with E-state index in [-0.39, 0.29) is 30.5 Å². The number of fused-ring (bicyclic) bond motifs is 1. The number of carbonyl (C=O) groups is 3. The monoisotopic (exact) mass is 550 g/mol. The lowest BCUT2D eigenvalue weighted by atomic mass is 9.72. The Hall–Kier alpha value is -3.90. The molecular formula is C27H30N6O5S. The molecule has 0 radical (unpaired) electrons. The number of aromatic nitrogens is 3. The Morgan fingerprint density at radius 2 is 1.87 bits per heavy atom. The van der Waals surface area contributed by atoms with E-state index in [4.69, 9.17) is 0 Å². The first-order chi connectivity index (χ1) is 18.5. The minimum Gasteiger partial charge on any atom is -0.321 e. The van der Waals surface area contributed by atoms with Gasteiger partial charge in [0.05, 0.1) is 23.1 Å². The standard InChI is InChI=1S/C27H30N6O5S/c1-4-27(14-12-23(34)29-26(27)36)19-8-10-20(11-9-19)28-25(35)24-17(2)33(31-30-24)22-7-5-6-18-16-32(39(3,37)38)15-13-21(18)22/h5-11H,4,12-16H2,1-3H3,(H,28,35)(H,29,34,36). The first-order valence-electron chi connectivity index (χ1n) is 12.8. The van der Waals surface area contributed by atoms with Gasteiger partial charge < -0.3 is 5.32 Å². The van der Waals surface area contributed by atoms with Gasteiger partial charge in [-0.2, -0.15) is 4.31 Å². The number of anilines is 1. The molecular weight excluding hydrogens is 520 g/mol. The highest BCUT2D eigenvalue weighted by atomic mass is 32.2. The molecule has 2 N–H and O–H groups in total. The number of piperidine rings is 1. The Bertz CT molecular complexity index is 1580. The van der Waals surface area contributed by atoms with Crippen LogP contribution in [-0.2, 0) is 38.0 Å². The minimum atomic E-state index is -3.30. The number of hydrogen-bond donors (Lipinski definition) is 2. The fourth-order valence-electron chi connectivity index (χ4n) is 5.44. The molecule has 1 aromatic heterocycles. The van der Waals surface area contributed by atoms with Gasteiger partial charge in [-0.15, -0.1) is 5.10 Å². The fourth-order valence-corrected chi connectivity index (χ4v) is 6.24. The second kappa shape index (κ2) is 10.0. The Labute approximate surface area is 226 Å². The summed E-state index contributed by atoms with van der Waals surface area (Å²) < 4.78 is 27.1. The van der Waals surface area contributed by atoms with Gasteiger partial charge in [-0.05, 0) is 61.1 Å². The molecule has 0 aliphatic carbocycles. The van der Waals surface area contributed by atoms with Crippen LogP contribution in [0, 0.1) is 6.92 Å². The second-order valence-corrected chi connectivity index (χ2v) is 12.0. The first kappa shape index (κ1) is 26.7. The average Bonchev–Trinajstić information content (AvgIpc) is 3.29. The lowest BCUT2D eigenvalue weighted by molar-refractivity contribution is -0.138. The number of nitrogens with one attached hydrogen (secondary N) is 2. The SMILES string of the molecule is CCC1(c2ccc(NC(=O)c3nnn(-c4cccc5c4CCN(S(C)(=O)=O)C5)c3C)cc2)CCC(=O)NC1=O. The van der Waals surface area contributed by atoms with Gasteiger partial charge in [0.1, 0.15) is 0 Å². The number of nitrogens with zero attached hydrogens (tertiary/aromatic N) is 4. The van der Waals surface area contributed by atoms with Gasteiger partial charge in [-0.1, -0.05) is 36.4 Å². The number of benzene rings is 2. The van der Waals surface area contributed by atoms with Crippen LogP contribution in [0.3, 0.4) is 0 Å². The van der Waals surface area contributed by atoms with Crippen LogP contribution in [0.2, 0.25) is 0 Å². The summed E-state index contributed by atoms with van der Waals surface area (Å²) in [7, 11) is -3.30. The Morgan fingerprint density at radius 3 is 2.54 bits per heavy atom. The smallest absolute Gasteiger partial charge is 0.278 e. The molecule has 5 rings (SSSR count). The van der Waals surface area contributed by atoms with Crippen molar-refractivity contribution >= 4 is 33.4 Å². The summed E-state index contributed by atoms with van der Waals surface area (Å²) in [6, 6.07) is 12.7. The van der Waals surface area contributed by atoms with Gasteiger partial charge in [0.25, 0.3) is 5.91 Å². The molecule has 0 saturated carbocycles. The van der Waals surface area contributed by atoms with Crippen molar-refractivity contribution in [2.24, 2.45) is 0 Å². The summed E-state index contributed by atoms with van der Waals surface area (Å²) >= 11 is 0. The van der Waals surface area contributed by atoms with E-state index in [1.54, 1.807) is 35.9 Å². The molecule has 2 aliphatic rings. The molecule has 39 heavy (non-hydrogen) atoms. The normalized spacial score (nSPS) is 19.9. The topological polar surface area (TPSA) is 143 Å². The molecule has 12 heteroatoms. The first-order valence-corrected chi connectivity index (χ1v) is 14.6. The van der Waals surface area contributed by atoms with E-state index in [1.807, 2.05) is 25.1 Å². The highest BCUT2D eigenvalue weighted by molar-refractivity contribution is 7.88. The lowest BCUT2D eigenvalue weighted by Gasteiger charge is -2.35. The van der Waals surface area contributed by atoms with E-state index in [9.17, 15) is 22.8 Å². The van der Waals surface area contributed by atoms with Gasteiger partial charge in [0, 0.05) is 25.2 Å². The third kappa shape index (κ3) is 4.85. The van der Waals surface area contributed by atoms with Crippen LogP contribution in [0.15, 0.2) is 42.5 Å². The summed E-state index contributed by atoms with van der Waals surface area (Å²) in [4.78, 5) is 37.4. The molecule has 1 saturated heterocycles. The predicted octanol–water partition coefficient (Wildman–Crippen LogP) is 2.23. The van der Waals surface area contributed by atoms with Crippen molar-refractivity contribution in [3.05, 3.63) is 70.5 Å². The van der Waals surface area contributed by atoms with Crippen molar-refractivity contribution in [1.29, 1.82) is 0 Å². The molecule has 3 amide bonds. The zero-order valence-corrected chi connectivity index (χ0v) is 22.8. The van der Waals surface area contributed by atoms with Crippen LogP contribution in [0.25, 0.3) is 5.69 Å². The number of imide groups is 1. The van der Waals surface area contributed by atoms with Crippen LogP contribution in [0.5, 0.6) is 0 Å². The van der Waals surface area contributed by atoms with Crippen molar-refractivity contribution in [3.8, 4) is 5.69 Å². The summed E-state index contributed by atoms with van der Waals surface area (Å²) in [6.45, 7) is 4.34. The lowest BCUT2D eigenvalue weighted by Crippen LogP contribution is -2.51. The third-order valence-corrected chi connectivity index (χ3v) is 9.03. The largest absolute Gasteiger partial charge is 0.321 e. The fraction of sp³-hybridized carbons (Fsp3) is 0.370. The predicted molar refractivity (Wildman–Crippen MR) is 144 cm³/mol. The van der Waals surface area contributed by atoms with Crippen molar-refractivity contribution in [1.82, 2.24) is 24.6 Å². The van der Waals surface area contributed by atoms with Crippen molar-refractivity contribution < 1.29 is 22.8 Å². The van der Waals surface area contributed by atoms with Crippen molar-refractivity contribution in [2.45, 2.75) is 51.5 Å². The van der Waals surface area contributed by atoms with Gasteiger partial charge in [0.2, 0.25) is 21.8 Å². The average molecular weight is 551 g/mol. The number of sulfonamides is 1. The van der Waals surface area contributed by atoms with Crippen molar-refractivity contribution in [2.75, 3.05) is 18.1 Å². The second-order valence-electron chi connectivity index (χ2n) is 10.0. The highest BCUT2D eigenvalue weighted by Crippen LogP contribution is 2.36. The minimum absolute atomic E-state index is 0.167. The molecule has 204 valence electrons. The zero-order chi connectivity index (χ0) is 27.9. The number of hydrogen-bond acceptors (Lipinski definition) is 7. The molecule has 0 spiro atoms. The highest BCUT2D eigenvalue weighted by Gasteiger charge is 2.42. The van der Waals surface area contributed by atoms with Gasteiger partial charge in [0.15, 0.2) is 5.69 Å². The quantitative estimate of drug-likeness (QED) is 0.448. The maximum absolute atomic E-state index is 13.1. The van der Waals surface area contributed by atoms with Crippen LogP contribution >= 0.6 is 0 Å². The number of amides is 3. The van der Waals surface area contributed by atoms with E-state index in [2.05, 4.69) is 20.9 Å². The van der Waals surface area contributed by atoms with Crippen molar-refractivity contribution in [3.63, 3.8) is 0 Å². The molecule has 2 aromatic carbocycles. The Morgan fingerprint density at radius 1 is 1.13 bits per heavy atom. The van der Waals surface area contributed by atoms with Crippen LogP contribution in [0.1, 0.15) is 59.1 Å². The summed E-state index contributed by atoms with van der Waals surface area (Å²) in [5, 5.41) is 13.7. The molecule has 3 aromatic rings. The number of carbonyl (C=O) groups excluding carboxylic acids is 3. The zero-order valence-electron chi connectivity index (χ0n) is 22.0. The summed E-state index contributed by atoms with van der Waals surface area (Å²) in [5.41, 5.74) is 3.91. The maximum atomic E-state index is 13.1.